The Morgan fingerprint density at radius 1 is 1.07 bits per heavy atom. The summed E-state index contributed by atoms with van der Waals surface area (Å²) in [6.45, 7) is 9.15. The van der Waals surface area contributed by atoms with Gasteiger partial charge in [0.25, 0.3) is 5.91 Å². The lowest BCUT2D eigenvalue weighted by atomic mass is 10.1. The first-order valence-electron chi connectivity index (χ1n) is 10.5. The van der Waals surface area contributed by atoms with Gasteiger partial charge in [0.1, 0.15) is 0 Å². The first-order valence-corrected chi connectivity index (χ1v) is 10.5. The van der Waals surface area contributed by atoms with Gasteiger partial charge in [-0.05, 0) is 61.7 Å². The molecule has 2 aromatic rings. The van der Waals surface area contributed by atoms with E-state index in [0.717, 1.165) is 29.8 Å². The quantitative estimate of drug-likeness (QED) is 0.802. The molecule has 0 radical (unpaired) electrons. The van der Waals surface area contributed by atoms with Crippen LogP contribution in [0, 0.1) is 6.92 Å². The third-order valence-corrected chi connectivity index (χ3v) is 6.07. The van der Waals surface area contributed by atoms with Crippen LogP contribution in [0.2, 0.25) is 0 Å². The molecule has 0 aliphatic carbocycles. The van der Waals surface area contributed by atoms with Gasteiger partial charge in [0.15, 0.2) is 0 Å². The lowest BCUT2D eigenvalue weighted by molar-refractivity contribution is -0.118. The van der Waals surface area contributed by atoms with E-state index in [2.05, 4.69) is 43.0 Å². The van der Waals surface area contributed by atoms with Gasteiger partial charge in [0.2, 0.25) is 5.91 Å². The standard InChI is InChI=1S/C24H29N3O2/c1-4-23(28)27-11-10-19-15-20(8-9-22(19)27)24(29)25-12-13-26(18(3)16-25)21-7-5-6-17(2)14-21/h5-9,14-15,18H,4,10-13,16H2,1-3H3/t18-/m1/s1. The molecule has 2 heterocycles. The van der Waals surface area contributed by atoms with Crippen LogP contribution in [0.1, 0.15) is 41.8 Å². The molecule has 4 rings (SSSR count). The number of rotatable bonds is 3. The minimum atomic E-state index is 0.0869. The number of carbonyl (C=O) groups is 2. The van der Waals surface area contributed by atoms with Crippen molar-refractivity contribution in [3.8, 4) is 0 Å². The van der Waals surface area contributed by atoms with Crippen LogP contribution in [0.15, 0.2) is 42.5 Å². The molecule has 2 aromatic carbocycles. The van der Waals surface area contributed by atoms with Crippen LogP contribution in [0.4, 0.5) is 11.4 Å². The van der Waals surface area contributed by atoms with E-state index < -0.39 is 0 Å². The highest BCUT2D eigenvalue weighted by atomic mass is 16.2. The second kappa shape index (κ2) is 7.90. The predicted molar refractivity (Wildman–Crippen MR) is 117 cm³/mol. The number of nitrogens with zero attached hydrogens (tertiary/aromatic N) is 3. The molecule has 5 nitrogen and oxygen atoms in total. The zero-order chi connectivity index (χ0) is 20.5. The summed E-state index contributed by atoms with van der Waals surface area (Å²) < 4.78 is 0. The van der Waals surface area contributed by atoms with E-state index in [4.69, 9.17) is 0 Å². The molecule has 0 spiro atoms. The van der Waals surface area contributed by atoms with Gasteiger partial charge in [0, 0.05) is 55.6 Å². The third kappa shape index (κ3) is 3.74. The van der Waals surface area contributed by atoms with Crippen molar-refractivity contribution in [2.45, 2.75) is 39.7 Å². The maximum Gasteiger partial charge on any atom is 0.253 e. The number of hydrogen-bond acceptors (Lipinski definition) is 3. The Bertz CT molecular complexity index is 939. The van der Waals surface area contributed by atoms with E-state index in [1.54, 1.807) is 0 Å². The van der Waals surface area contributed by atoms with Crippen molar-refractivity contribution in [1.82, 2.24) is 4.90 Å². The summed E-state index contributed by atoms with van der Waals surface area (Å²) >= 11 is 0. The topological polar surface area (TPSA) is 43.9 Å². The van der Waals surface area contributed by atoms with Crippen molar-refractivity contribution in [3.05, 3.63) is 59.2 Å². The Kier molecular flexibility index (Phi) is 5.31. The number of fused-ring (bicyclic) bond motifs is 1. The molecule has 0 N–H and O–H groups in total. The maximum absolute atomic E-state index is 13.1. The summed E-state index contributed by atoms with van der Waals surface area (Å²) in [6, 6.07) is 14.6. The van der Waals surface area contributed by atoms with E-state index in [1.165, 1.54) is 11.3 Å². The molecular weight excluding hydrogens is 362 g/mol. The van der Waals surface area contributed by atoms with Crippen molar-refractivity contribution in [2.75, 3.05) is 36.0 Å². The molecule has 1 fully saturated rings. The van der Waals surface area contributed by atoms with Gasteiger partial charge in [0.05, 0.1) is 0 Å². The van der Waals surface area contributed by atoms with Crippen molar-refractivity contribution in [1.29, 1.82) is 0 Å². The van der Waals surface area contributed by atoms with Gasteiger partial charge >= 0.3 is 0 Å². The minimum absolute atomic E-state index is 0.0869. The fraction of sp³-hybridized carbons (Fsp3) is 0.417. The average Bonchev–Trinajstić information content (AvgIpc) is 3.15. The number of benzene rings is 2. The first-order chi connectivity index (χ1) is 14.0. The van der Waals surface area contributed by atoms with E-state index in [1.807, 2.05) is 34.9 Å². The maximum atomic E-state index is 13.1. The molecule has 5 heteroatoms. The third-order valence-electron chi connectivity index (χ3n) is 6.07. The molecule has 2 aliphatic heterocycles. The van der Waals surface area contributed by atoms with Crippen LogP contribution in [0.25, 0.3) is 0 Å². The van der Waals surface area contributed by atoms with Crippen LogP contribution >= 0.6 is 0 Å². The van der Waals surface area contributed by atoms with E-state index in [-0.39, 0.29) is 17.9 Å². The predicted octanol–water partition coefficient (Wildman–Crippen LogP) is 3.65. The highest BCUT2D eigenvalue weighted by Crippen LogP contribution is 2.30. The van der Waals surface area contributed by atoms with Gasteiger partial charge < -0.3 is 14.7 Å². The molecule has 152 valence electrons. The molecule has 2 amide bonds. The van der Waals surface area contributed by atoms with Gasteiger partial charge in [-0.25, -0.2) is 0 Å². The second-order valence-corrected chi connectivity index (χ2v) is 8.13. The van der Waals surface area contributed by atoms with Crippen LogP contribution in [0.5, 0.6) is 0 Å². The minimum Gasteiger partial charge on any atom is -0.365 e. The first kappa shape index (κ1) is 19.5. The van der Waals surface area contributed by atoms with Gasteiger partial charge in [-0.15, -0.1) is 0 Å². The fourth-order valence-corrected chi connectivity index (χ4v) is 4.50. The van der Waals surface area contributed by atoms with Crippen molar-refractivity contribution in [2.24, 2.45) is 0 Å². The van der Waals surface area contributed by atoms with Crippen molar-refractivity contribution >= 4 is 23.2 Å². The molecule has 2 aliphatic rings. The Balaban J connectivity index is 1.47. The molecule has 29 heavy (non-hydrogen) atoms. The Morgan fingerprint density at radius 3 is 2.62 bits per heavy atom. The lowest BCUT2D eigenvalue weighted by Crippen LogP contribution is -2.53. The van der Waals surface area contributed by atoms with E-state index in [0.29, 0.717) is 26.1 Å². The molecule has 1 saturated heterocycles. The lowest BCUT2D eigenvalue weighted by Gasteiger charge is -2.41. The fourth-order valence-electron chi connectivity index (χ4n) is 4.50. The molecule has 0 aromatic heterocycles. The number of amides is 2. The highest BCUT2D eigenvalue weighted by Gasteiger charge is 2.29. The van der Waals surface area contributed by atoms with E-state index in [9.17, 15) is 9.59 Å². The second-order valence-electron chi connectivity index (χ2n) is 8.13. The Hall–Kier alpha value is -2.82. The smallest absolute Gasteiger partial charge is 0.253 e. The number of hydrogen-bond donors (Lipinski definition) is 0. The SMILES string of the molecule is CCC(=O)N1CCc2cc(C(=O)N3CCN(c4cccc(C)c4)[C@H](C)C3)ccc21. The van der Waals surface area contributed by atoms with Gasteiger partial charge in [-0.1, -0.05) is 19.1 Å². The van der Waals surface area contributed by atoms with Crippen LogP contribution in [0.3, 0.4) is 0 Å². The van der Waals surface area contributed by atoms with Crippen LogP contribution in [-0.4, -0.2) is 48.9 Å². The zero-order valence-corrected chi connectivity index (χ0v) is 17.5. The molecular formula is C24H29N3O2. The average molecular weight is 392 g/mol. The molecule has 0 unspecified atom stereocenters. The normalized spacial score (nSPS) is 18.7. The highest BCUT2D eigenvalue weighted by molar-refractivity contribution is 5.98. The number of piperazine rings is 1. The Labute approximate surface area is 172 Å². The van der Waals surface area contributed by atoms with Gasteiger partial charge in [-0.2, -0.15) is 0 Å². The zero-order valence-electron chi connectivity index (χ0n) is 17.5. The summed E-state index contributed by atoms with van der Waals surface area (Å²) in [5, 5.41) is 0. The number of carbonyl (C=O) groups excluding carboxylic acids is 2. The molecule has 0 saturated carbocycles. The van der Waals surface area contributed by atoms with Crippen molar-refractivity contribution in [3.63, 3.8) is 0 Å². The molecule has 1 atom stereocenters. The Morgan fingerprint density at radius 2 is 1.90 bits per heavy atom. The largest absolute Gasteiger partial charge is 0.365 e. The summed E-state index contributed by atoms with van der Waals surface area (Å²) in [7, 11) is 0. The summed E-state index contributed by atoms with van der Waals surface area (Å²) in [5.41, 5.74) is 5.27. The van der Waals surface area contributed by atoms with Crippen molar-refractivity contribution < 1.29 is 9.59 Å². The van der Waals surface area contributed by atoms with E-state index >= 15 is 0 Å². The number of anilines is 2. The van der Waals surface area contributed by atoms with Crippen LogP contribution in [-0.2, 0) is 11.2 Å². The summed E-state index contributed by atoms with van der Waals surface area (Å²) in [5.74, 6) is 0.229. The monoisotopic (exact) mass is 391 g/mol. The summed E-state index contributed by atoms with van der Waals surface area (Å²) in [4.78, 5) is 31.4. The molecule has 0 bridgehead atoms. The van der Waals surface area contributed by atoms with Crippen LogP contribution < -0.4 is 9.80 Å². The van der Waals surface area contributed by atoms with Gasteiger partial charge in [-0.3, -0.25) is 9.59 Å². The summed E-state index contributed by atoms with van der Waals surface area (Å²) in [6.07, 6.45) is 1.32. The number of aryl methyl sites for hydroxylation is 1.